The molecular weight excluding hydrogens is 221 g/mol. The van der Waals surface area contributed by atoms with Gasteiger partial charge in [-0.2, -0.15) is 0 Å². The molecule has 0 aliphatic heterocycles. The van der Waals surface area contributed by atoms with Gasteiger partial charge in [-0.15, -0.1) is 0 Å². The third-order valence-corrected chi connectivity index (χ3v) is 1.91. The minimum atomic E-state index is -1.58. The lowest BCUT2D eigenvalue weighted by Gasteiger charge is -2.05. The van der Waals surface area contributed by atoms with Crippen molar-refractivity contribution in [2.75, 3.05) is 13.1 Å². The first-order valence-corrected chi connectivity index (χ1v) is 4.69. The molecule has 0 aromatic heterocycles. The quantitative estimate of drug-likeness (QED) is 0.605. The standard InChI is InChI=1S/C10H11F3N2O/c11-7-4-6(5-8(12)9(7)13)10(16)15-3-1-2-14/h4-5H,1-3,14H2,(H,15,16). The van der Waals surface area contributed by atoms with E-state index in [0.717, 1.165) is 0 Å². The van der Waals surface area contributed by atoms with Crippen molar-refractivity contribution >= 4 is 5.91 Å². The zero-order valence-electron chi connectivity index (χ0n) is 8.40. The van der Waals surface area contributed by atoms with Crippen LogP contribution >= 0.6 is 0 Å². The van der Waals surface area contributed by atoms with Crippen molar-refractivity contribution in [1.29, 1.82) is 0 Å². The Morgan fingerprint density at radius 1 is 1.25 bits per heavy atom. The molecule has 0 atom stereocenters. The Morgan fingerprint density at radius 3 is 2.31 bits per heavy atom. The Morgan fingerprint density at radius 2 is 1.81 bits per heavy atom. The Labute approximate surface area is 90.4 Å². The minimum Gasteiger partial charge on any atom is -0.352 e. The second-order valence-corrected chi connectivity index (χ2v) is 3.15. The maximum Gasteiger partial charge on any atom is 0.251 e. The molecule has 0 unspecified atom stereocenters. The van der Waals surface area contributed by atoms with E-state index in [-0.39, 0.29) is 5.56 Å². The largest absolute Gasteiger partial charge is 0.352 e. The predicted octanol–water partition coefficient (Wildman–Crippen LogP) is 1.18. The fourth-order valence-corrected chi connectivity index (χ4v) is 1.09. The summed E-state index contributed by atoms with van der Waals surface area (Å²) in [6, 6.07) is 1.30. The molecule has 0 bridgehead atoms. The number of amides is 1. The number of hydrogen-bond donors (Lipinski definition) is 2. The van der Waals surface area contributed by atoms with Gasteiger partial charge in [-0.25, -0.2) is 13.2 Å². The van der Waals surface area contributed by atoms with Crippen LogP contribution in [0.3, 0.4) is 0 Å². The minimum absolute atomic E-state index is 0.256. The van der Waals surface area contributed by atoms with Crippen molar-refractivity contribution in [2.45, 2.75) is 6.42 Å². The van der Waals surface area contributed by atoms with Gasteiger partial charge in [0.25, 0.3) is 5.91 Å². The van der Waals surface area contributed by atoms with Gasteiger partial charge in [0.1, 0.15) is 0 Å². The van der Waals surface area contributed by atoms with E-state index < -0.39 is 23.4 Å². The summed E-state index contributed by atoms with van der Waals surface area (Å²) in [6.45, 7) is 0.697. The average Bonchev–Trinajstić information content (AvgIpc) is 2.25. The lowest BCUT2D eigenvalue weighted by Crippen LogP contribution is -2.26. The van der Waals surface area contributed by atoms with Gasteiger partial charge in [0.2, 0.25) is 0 Å². The number of carbonyl (C=O) groups excluding carboxylic acids is 1. The number of nitrogens with one attached hydrogen (secondary N) is 1. The molecule has 0 radical (unpaired) electrons. The Hall–Kier alpha value is -1.56. The summed E-state index contributed by atoms with van der Waals surface area (Å²) < 4.78 is 38.1. The van der Waals surface area contributed by atoms with Crippen LogP contribution in [0.1, 0.15) is 16.8 Å². The van der Waals surface area contributed by atoms with Crippen molar-refractivity contribution in [3.63, 3.8) is 0 Å². The summed E-state index contributed by atoms with van der Waals surface area (Å²) in [5, 5.41) is 2.40. The fraction of sp³-hybridized carbons (Fsp3) is 0.300. The monoisotopic (exact) mass is 232 g/mol. The molecule has 1 amide bonds. The molecule has 0 saturated heterocycles. The van der Waals surface area contributed by atoms with Gasteiger partial charge in [-0.1, -0.05) is 0 Å². The maximum absolute atomic E-state index is 12.8. The lowest BCUT2D eigenvalue weighted by atomic mass is 10.2. The van der Waals surface area contributed by atoms with E-state index in [1.807, 2.05) is 0 Å². The van der Waals surface area contributed by atoms with Crippen LogP contribution in [0.25, 0.3) is 0 Å². The van der Waals surface area contributed by atoms with Crippen LogP contribution in [-0.2, 0) is 0 Å². The Balaban J connectivity index is 2.76. The molecule has 6 heteroatoms. The molecule has 0 aliphatic rings. The molecule has 16 heavy (non-hydrogen) atoms. The Bertz CT molecular complexity index is 373. The summed E-state index contributed by atoms with van der Waals surface area (Å²) in [4.78, 5) is 11.3. The molecule has 0 saturated carbocycles. The second-order valence-electron chi connectivity index (χ2n) is 3.15. The molecule has 0 spiro atoms. The normalized spacial score (nSPS) is 10.2. The second kappa shape index (κ2) is 5.50. The van der Waals surface area contributed by atoms with Crippen molar-refractivity contribution < 1.29 is 18.0 Å². The predicted molar refractivity (Wildman–Crippen MR) is 52.3 cm³/mol. The van der Waals surface area contributed by atoms with E-state index in [2.05, 4.69) is 5.32 Å². The first-order valence-electron chi connectivity index (χ1n) is 4.69. The molecule has 88 valence electrons. The van der Waals surface area contributed by atoms with Crippen molar-refractivity contribution in [2.24, 2.45) is 5.73 Å². The molecular formula is C10H11F3N2O. The number of halogens is 3. The molecule has 3 N–H and O–H groups in total. The molecule has 1 aromatic rings. The van der Waals surface area contributed by atoms with E-state index >= 15 is 0 Å². The summed E-state index contributed by atoms with van der Waals surface area (Å²) in [5.74, 6) is -5.02. The highest BCUT2D eigenvalue weighted by Gasteiger charge is 2.14. The summed E-state index contributed by atoms with van der Waals surface area (Å²) >= 11 is 0. The van der Waals surface area contributed by atoms with Crippen LogP contribution in [0.15, 0.2) is 12.1 Å². The first-order chi connectivity index (χ1) is 7.56. The molecule has 1 rings (SSSR count). The highest BCUT2D eigenvalue weighted by atomic mass is 19.2. The molecule has 0 fully saturated rings. The zero-order chi connectivity index (χ0) is 12.1. The number of benzene rings is 1. The van der Waals surface area contributed by atoms with Gasteiger partial charge in [-0.05, 0) is 25.1 Å². The van der Waals surface area contributed by atoms with Crippen molar-refractivity contribution in [3.8, 4) is 0 Å². The maximum atomic E-state index is 12.8. The third kappa shape index (κ3) is 2.96. The van der Waals surface area contributed by atoms with E-state index in [4.69, 9.17) is 5.73 Å². The van der Waals surface area contributed by atoms with E-state index in [1.165, 1.54) is 0 Å². The third-order valence-electron chi connectivity index (χ3n) is 1.91. The van der Waals surface area contributed by atoms with Crippen LogP contribution in [0, 0.1) is 17.5 Å². The average molecular weight is 232 g/mol. The van der Waals surface area contributed by atoms with Gasteiger partial charge in [-0.3, -0.25) is 4.79 Å². The highest BCUT2D eigenvalue weighted by Crippen LogP contribution is 2.13. The van der Waals surface area contributed by atoms with Gasteiger partial charge in [0, 0.05) is 12.1 Å². The van der Waals surface area contributed by atoms with Crippen LogP contribution in [0.5, 0.6) is 0 Å². The zero-order valence-corrected chi connectivity index (χ0v) is 8.40. The smallest absolute Gasteiger partial charge is 0.251 e. The topological polar surface area (TPSA) is 55.1 Å². The summed E-state index contributed by atoms with van der Waals surface area (Å²) in [7, 11) is 0. The first kappa shape index (κ1) is 12.5. The van der Waals surface area contributed by atoms with Crippen molar-refractivity contribution in [1.82, 2.24) is 5.32 Å². The van der Waals surface area contributed by atoms with Gasteiger partial charge in [0.05, 0.1) is 0 Å². The summed E-state index contributed by atoms with van der Waals surface area (Å²) in [6.07, 6.45) is 0.553. The molecule has 3 nitrogen and oxygen atoms in total. The number of carbonyl (C=O) groups is 1. The number of hydrogen-bond acceptors (Lipinski definition) is 2. The van der Waals surface area contributed by atoms with Crippen LogP contribution in [0.2, 0.25) is 0 Å². The molecule has 1 aromatic carbocycles. The molecule has 0 aliphatic carbocycles. The van der Waals surface area contributed by atoms with Crippen LogP contribution < -0.4 is 11.1 Å². The van der Waals surface area contributed by atoms with Crippen molar-refractivity contribution in [3.05, 3.63) is 35.1 Å². The van der Waals surface area contributed by atoms with Crippen LogP contribution in [-0.4, -0.2) is 19.0 Å². The number of rotatable bonds is 4. The fourth-order valence-electron chi connectivity index (χ4n) is 1.09. The van der Waals surface area contributed by atoms with Gasteiger partial charge < -0.3 is 11.1 Å². The summed E-state index contributed by atoms with van der Waals surface area (Å²) in [5.41, 5.74) is 4.94. The number of nitrogens with two attached hydrogens (primary N) is 1. The highest BCUT2D eigenvalue weighted by molar-refractivity contribution is 5.94. The Kier molecular flexibility index (Phi) is 4.30. The van der Waals surface area contributed by atoms with E-state index in [9.17, 15) is 18.0 Å². The molecule has 0 heterocycles. The van der Waals surface area contributed by atoms with Crippen LogP contribution in [0.4, 0.5) is 13.2 Å². The van der Waals surface area contributed by atoms with E-state index in [1.54, 1.807) is 0 Å². The van der Waals surface area contributed by atoms with Gasteiger partial charge >= 0.3 is 0 Å². The SMILES string of the molecule is NCCCNC(=O)c1cc(F)c(F)c(F)c1. The van der Waals surface area contributed by atoms with Gasteiger partial charge in [0.15, 0.2) is 17.5 Å². The van der Waals surface area contributed by atoms with E-state index in [0.29, 0.717) is 31.6 Å². The lowest BCUT2D eigenvalue weighted by molar-refractivity contribution is 0.0952.